The monoisotopic (exact) mass is 388 g/mol. The van der Waals surface area contributed by atoms with Crippen LogP contribution >= 0.6 is 47.6 Å². The van der Waals surface area contributed by atoms with Crippen molar-refractivity contribution < 1.29 is 9.59 Å². The van der Waals surface area contributed by atoms with Gasteiger partial charge in [-0.1, -0.05) is 35.0 Å². The number of anilines is 1. The van der Waals surface area contributed by atoms with Gasteiger partial charge in [0, 0.05) is 10.6 Å². The van der Waals surface area contributed by atoms with E-state index in [-0.39, 0.29) is 17.4 Å². The first kappa shape index (κ1) is 16.5. The number of benzene rings is 1. The zero-order chi connectivity index (χ0) is 16.6. The number of rotatable bonds is 4. The van der Waals surface area contributed by atoms with Crippen LogP contribution < -0.4 is 10.6 Å². The number of hydrogen-bond donors (Lipinski definition) is 4. The summed E-state index contributed by atoms with van der Waals surface area (Å²) in [5, 5.41) is 6.72. The Hall–Kier alpha value is -1.35. The number of halogens is 2. The molecule has 3 N–H and O–H groups in total. The predicted octanol–water partition coefficient (Wildman–Crippen LogP) is 3.06. The molecule has 0 spiro atoms. The van der Waals surface area contributed by atoms with Crippen molar-refractivity contribution in [3.8, 4) is 0 Å². The zero-order valence-corrected chi connectivity index (χ0v) is 14.6. The summed E-state index contributed by atoms with van der Waals surface area (Å²) in [5.41, 5.74) is 0.214. The standard InChI is InChI=1S/C13H10Cl2N4O2S2/c14-5-1-2-6(7(15)3-5)8(20)4-23-13-16-9-10(18-13)17-12(22)19-11(9)21/h1-3,12,17,22H,4H2,(H,16,18)(H,19,21). The number of thiol groups is 1. The second-order valence-corrected chi connectivity index (χ2v) is 6.95. The third-order valence-electron chi connectivity index (χ3n) is 3.02. The van der Waals surface area contributed by atoms with Gasteiger partial charge in [0.2, 0.25) is 0 Å². The van der Waals surface area contributed by atoms with Crippen LogP contribution in [-0.2, 0) is 0 Å². The molecule has 2 heterocycles. The molecule has 120 valence electrons. The molecule has 6 nitrogen and oxygen atoms in total. The van der Waals surface area contributed by atoms with E-state index in [9.17, 15) is 9.59 Å². The Labute approximate surface area is 151 Å². The third kappa shape index (κ3) is 3.60. The SMILES string of the molecule is O=C(CSc1nc2c([nH]1)C(=O)NC(S)N2)c1ccc(Cl)cc1Cl. The Morgan fingerprint density at radius 3 is 2.87 bits per heavy atom. The summed E-state index contributed by atoms with van der Waals surface area (Å²) >= 11 is 17.1. The molecule has 2 aromatic rings. The summed E-state index contributed by atoms with van der Waals surface area (Å²) in [6.45, 7) is 0. The Morgan fingerprint density at radius 2 is 2.13 bits per heavy atom. The maximum atomic E-state index is 12.2. The van der Waals surface area contributed by atoms with Crippen molar-refractivity contribution in [2.75, 3.05) is 11.1 Å². The van der Waals surface area contributed by atoms with E-state index in [4.69, 9.17) is 23.2 Å². The van der Waals surface area contributed by atoms with Crippen molar-refractivity contribution in [2.24, 2.45) is 0 Å². The van der Waals surface area contributed by atoms with E-state index in [1.54, 1.807) is 12.1 Å². The summed E-state index contributed by atoms with van der Waals surface area (Å²) in [4.78, 5) is 31.1. The summed E-state index contributed by atoms with van der Waals surface area (Å²) in [6, 6.07) is 4.72. The second-order valence-electron chi connectivity index (χ2n) is 4.62. The van der Waals surface area contributed by atoms with Crippen LogP contribution in [0.3, 0.4) is 0 Å². The second kappa shape index (κ2) is 6.64. The maximum Gasteiger partial charge on any atom is 0.273 e. The summed E-state index contributed by atoms with van der Waals surface area (Å²) < 4.78 is 0. The summed E-state index contributed by atoms with van der Waals surface area (Å²) in [5.74, 6) is 0.0774. The number of carbonyl (C=O) groups excluding carboxylic acids is 2. The molecule has 10 heteroatoms. The van der Waals surface area contributed by atoms with Gasteiger partial charge >= 0.3 is 0 Å². The molecule has 1 amide bonds. The number of H-pyrrole nitrogens is 1. The van der Waals surface area contributed by atoms with Crippen LogP contribution in [0.15, 0.2) is 23.4 Å². The van der Waals surface area contributed by atoms with E-state index < -0.39 is 5.50 Å². The van der Waals surface area contributed by atoms with Crippen LogP contribution in [0.5, 0.6) is 0 Å². The van der Waals surface area contributed by atoms with Crippen molar-refractivity contribution in [3.05, 3.63) is 39.5 Å². The number of nitrogens with zero attached hydrogens (tertiary/aromatic N) is 1. The molecule has 3 rings (SSSR count). The first-order chi connectivity index (χ1) is 10.9. The van der Waals surface area contributed by atoms with Crippen LogP contribution in [0.1, 0.15) is 20.8 Å². The van der Waals surface area contributed by atoms with Crippen molar-refractivity contribution in [1.29, 1.82) is 0 Å². The first-order valence-electron chi connectivity index (χ1n) is 6.40. The molecule has 0 saturated heterocycles. The molecular weight excluding hydrogens is 379 g/mol. The molecule has 1 atom stereocenters. The van der Waals surface area contributed by atoms with Crippen molar-refractivity contribution in [3.63, 3.8) is 0 Å². The number of aromatic amines is 1. The minimum absolute atomic E-state index is 0.125. The van der Waals surface area contributed by atoms with Gasteiger partial charge in [0.15, 0.2) is 16.8 Å². The topological polar surface area (TPSA) is 86.9 Å². The van der Waals surface area contributed by atoms with Crippen LogP contribution in [0.25, 0.3) is 0 Å². The highest BCUT2D eigenvalue weighted by molar-refractivity contribution is 7.99. The first-order valence-corrected chi connectivity index (χ1v) is 8.66. The molecule has 1 aromatic heterocycles. The van der Waals surface area contributed by atoms with Gasteiger partial charge in [-0.05, 0) is 18.2 Å². The number of thioether (sulfide) groups is 1. The van der Waals surface area contributed by atoms with E-state index in [2.05, 4.69) is 33.2 Å². The van der Waals surface area contributed by atoms with Gasteiger partial charge in [0.25, 0.3) is 5.91 Å². The van der Waals surface area contributed by atoms with E-state index in [0.717, 1.165) is 0 Å². The maximum absolute atomic E-state index is 12.2. The molecule has 0 fully saturated rings. The van der Waals surface area contributed by atoms with Gasteiger partial charge in [-0.15, -0.1) is 12.6 Å². The molecule has 1 unspecified atom stereocenters. The highest BCUT2D eigenvalue weighted by Crippen LogP contribution is 2.26. The van der Waals surface area contributed by atoms with Crippen molar-refractivity contribution >= 4 is 65.1 Å². The number of carbonyl (C=O) groups is 2. The van der Waals surface area contributed by atoms with Crippen LogP contribution in [0.4, 0.5) is 5.82 Å². The lowest BCUT2D eigenvalue weighted by atomic mass is 10.1. The fourth-order valence-corrected chi connectivity index (χ4v) is 3.48. The largest absolute Gasteiger partial charge is 0.340 e. The number of amides is 1. The Balaban J connectivity index is 1.70. The minimum atomic E-state index is -0.495. The molecule has 1 aromatic carbocycles. The fourth-order valence-electron chi connectivity index (χ4n) is 1.98. The summed E-state index contributed by atoms with van der Waals surface area (Å²) in [7, 11) is 0. The van der Waals surface area contributed by atoms with Gasteiger partial charge < -0.3 is 15.6 Å². The molecule has 1 aliphatic heterocycles. The smallest absolute Gasteiger partial charge is 0.273 e. The Morgan fingerprint density at radius 1 is 1.35 bits per heavy atom. The number of aromatic nitrogens is 2. The van der Waals surface area contributed by atoms with Crippen LogP contribution in [-0.4, -0.2) is 32.9 Å². The lowest BCUT2D eigenvalue weighted by Crippen LogP contribution is -2.41. The van der Waals surface area contributed by atoms with E-state index >= 15 is 0 Å². The van der Waals surface area contributed by atoms with E-state index in [1.165, 1.54) is 17.8 Å². The number of nitrogens with one attached hydrogen (secondary N) is 3. The number of imidazole rings is 1. The molecule has 0 aliphatic carbocycles. The van der Waals surface area contributed by atoms with Gasteiger partial charge in [0.1, 0.15) is 11.2 Å². The van der Waals surface area contributed by atoms with Crippen LogP contribution in [0.2, 0.25) is 10.0 Å². The lowest BCUT2D eigenvalue weighted by Gasteiger charge is -2.19. The molecule has 0 bridgehead atoms. The van der Waals surface area contributed by atoms with Crippen LogP contribution in [0, 0.1) is 0 Å². The Bertz CT molecular complexity index is 796. The molecule has 1 aliphatic rings. The quantitative estimate of drug-likeness (QED) is 0.367. The number of Topliss-reactive ketones (excluding diaryl/α,β-unsaturated/α-hetero) is 1. The highest BCUT2D eigenvalue weighted by Gasteiger charge is 2.25. The normalized spacial score (nSPS) is 16.5. The molecule has 0 saturated carbocycles. The number of ketones is 1. The predicted molar refractivity (Wildman–Crippen MR) is 94.0 cm³/mol. The Kier molecular flexibility index (Phi) is 4.77. The van der Waals surface area contributed by atoms with Gasteiger partial charge in [-0.3, -0.25) is 9.59 Å². The third-order valence-corrected chi connectivity index (χ3v) is 4.70. The van der Waals surface area contributed by atoms with E-state index in [0.29, 0.717) is 32.3 Å². The molecular formula is C13H10Cl2N4O2S2. The highest BCUT2D eigenvalue weighted by atomic mass is 35.5. The zero-order valence-electron chi connectivity index (χ0n) is 11.4. The fraction of sp³-hybridized carbons (Fsp3) is 0.154. The lowest BCUT2D eigenvalue weighted by molar-refractivity contribution is 0.0943. The van der Waals surface area contributed by atoms with E-state index in [1.807, 2.05) is 0 Å². The molecule has 23 heavy (non-hydrogen) atoms. The number of fused-ring (bicyclic) bond motifs is 1. The van der Waals surface area contributed by atoms with Gasteiger partial charge in [-0.2, -0.15) is 0 Å². The van der Waals surface area contributed by atoms with Gasteiger partial charge in [0.05, 0.1) is 10.8 Å². The number of hydrogen-bond acceptors (Lipinski definition) is 6. The summed E-state index contributed by atoms with van der Waals surface area (Å²) in [6.07, 6.45) is 0. The van der Waals surface area contributed by atoms with Crippen molar-refractivity contribution in [2.45, 2.75) is 10.7 Å². The average Bonchev–Trinajstić information content (AvgIpc) is 2.88. The van der Waals surface area contributed by atoms with Crippen molar-refractivity contribution in [1.82, 2.24) is 15.3 Å². The van der Waals surface area contributed by atoms with Gasteiger partial charge in [-0.25, -0.2) is 4.98 Å². The molecule has 0 radical (unpaired) electrons. The minimum Gasteiger partial charge on any atom is -0.340 e. The average molecular weight is 389 g/mol.